The Hall–Kier alpha value is -3.23. The summed E-state index contributed by atoms with van der Waals surface area (Å²) >= 11 is 0. The normalized spacial score (nSPS) is 16.4. The number of carbonyl (C=O) groups excluding carboxylic acids is 1. The largest absolute Gasteiger partial charge is 0.479 e. The van der Waals surface area contributed by atoms with Gasteiger partial charge in [-0.3, -0.25) is 9.69 Å². The fourth-order valence-corrected chi connectivity index (χ4v) is 4.17. The predicted octanol–water partition coefficient (Wildman–Crippen LogP) is 4.61. The first-order valence-corrected chi connectivity index (χ1v) is 11.8. The van der Waals surface area contributed by atoms with Gasteiger partial charge in [-0.05, 0) is 49.6 Å². The van der Waals surface area contributed by atoms with E-state index in [4.69, 9.17) is 13.9 Å². The summed E-state index contributed by atoms with van der Waals surface area (Å²) in [5, 5.41) is 2.82. The minimum atomic E-state index is -1.03. The summed E-state index contributed by atoms with van der Waals surface area (Å²) in [5.74, 6) is -1.72. The second-order valence-corrected chi connectivity index (χ2v) is 8.80. The lowest BCUT2D eigenvalue weighted by atomic mass is 10.1. The molecule has 0 aliphatic carbocycles. The molecule has 35 heavy (non-hydrogen) atoms. The Morgan fingerprint density at radius 1 is 1.17 bits per heavy atom. The van der Waals surface area contributed by atoms with Gasteiger partial charge in [-0.1, -0.05) is 29.8 Å². The van der Waals surface area contributed by atoms with Crippen LogP contribution in [-0.2, 0) is 22.6 Å². The summed E-state index contributed by atoms with van der Waals surface area (Å²) in [6, 6.07) is 14.9. The third kappa shape index (κ3) is 7.37. The van der Waals surface area contributed by atoms with E-state index < -0.39 is 17.7 Å². The van der Waals surface area contributed by atoms with E-state index in [-0.39, 0.29) is 30.9 Å². The maximum Gasteiger partial charge on any atom is 0.262 e. The highest BCUT2D eigenvalue weighted by Gasteiger charge is 2.27. The second kappa shape index (κ2) is 12.0. The van der Waals surface area contributed by atoms with E-state index in [9.17, 15) is 13.6 Å². The number of hydrogen-bond donors (Lipinski definition) is 1. The molecule has 2 atom stereocenters. The zero-order valence-corrected chi connectivity index (χ0v) is 19.7. The van der Waals surface area contributed by atoms with Crippen molar-refractivity contribution in [3.8, 4) is 5.75 Å². The van der Waals surface area contributed by atoms with Gasteiger partial charge in [0, 0.05) is 32.3 Å². The molecule has 1 aliphatic heterocycles. The molecule has 2 aromatic carbocycles. The zero-order valence-electron chi connectivity index (χ0n) is 19.7. The minimum absolute atomic E-state index is 0.0647. The van der Waals surface area contributed by atoms with Crippen LogP contribution in [0.15, 0.2) is 65.3 Å². The summed E-state index contributed by atoms with van der Waals surface area (Å²) in [4.78, 5) is 15.3. The van der Waals surface area contributed by atoms with Crippen molar-refractivity contribution in [2.75, 3.05) is 19.7 Å². The highest BCUT2D eigenvalue weighted by atomic mass is 19.2. The molecule has 8 heteroatoms. The number of halogens is 2. The van der Waals surface area contributed by atoms with Crippen molar-refractivity contribution < 1.29 is 27.5 Å². The molecule has 0 spiro atoms. The monoisotopic (exact) mass is 484 g/mol. The molecule has 2 heterocycles. The summed E-state index contributed by atoms with van der Waals surface area (Å²) in [6.07, 6.45) is 2.57. The van der Waals surface area contributed by atoms with Gasteiger partial charge in [0.05, 0.1) is 18.9 Å². The number of carbonyl (C=O) groups is 1. The first kappa shape index (κ1) is 24.9. The third-order valence-corrected chi connectivity index (χ3v) is 5.88. The number of nitrogens with one attached hydrogen (secondary N) is 1. The molecular formula is C27H30F2N2O4. The molecule has 4 rings (SSSR count). The van der Waals surface area contributed by atoms with Crippen molar-refractivity contribution in [3.05, 3.63) is 89.4 Å². The van der Waals surface area contributed by atoms with E-state index >= 15 is 0 Å². The first-order chi connectivity index (χ1) is 17.0. The first-order valence-electron chi connectivity index (χ1n) is 11.8. The van der Waals surface area contributed by atoms with Crippen LogP contribution in [0.4, 0.5) is 8.78 Å². The number of ether oxygens (including phenoxy) is 2. The highest BCUT2D eigenvalue weighted by molar-refractivity contribution is 5.81. The Labute approximate surface area is 203 Å². The quantitative estimate of drug-likeness (QED) is 0.431. The average Bonchev–Trinajstić information content (AvgIpc) is 3.54. The van der Waals surface area contributed by atoms with Crippen LogP contribution < -0.4 is 10.1 Å². The topological polar surface area (TPSA) is 63.9 Å². The third-order valence-electron chi connectivity index (χ3n) is 5.88. The number of amides is 1. The molecule has 1 N–H and O–H groups in total. The van der Waals surface area contributed by atoms with Crippen LogP contribution in [0.3, 0.4) is 0 Å². The van der Waals surface area contributed by atoms with Crippen LogP contribution in [0.25, 0.3) is 0 Å². The van der Waals surface area contributed by atoms with Crippen molar-refractivity contribution in [1.82, 2.24) is 10.2 Å². The smallest absolute Gasteiger partial charge is 0.262 e. The lowest BCUT2D eigenvalue weighted by molar-refractivity contribution is -0.129. The van der Waals surface area contributed by atoms with Gasteiger partial charge in [-0.15, -0.1) is 0 Å². The van der Waals surface area contributed by atoms with Crippen molar-refractivity contribution in [1.29, 1.82) is 0 Å². The molecule has 0 saturated carbocycles. The van der Waals surface area contributed by atoms with Gasteiger partial charge in [0.25, 0.3) is 5.91 Å². The van der Waals surface area contributed by atoms with Gasteiger partial charge in [-0.2, -0.15) is 0 Å². The van der Waals surface area contributed by atoms with Crippen LogP contribution >= 0.6 is 0 Å². The minimum Gasteiger partial charge on any atom is -0.479 e. The lowest BCUT2D eigenvalue weighted by Crippen LogP contribution is -2.47. The fourth-order valence-electron chi connectivity index (χ4n) is 4.17. The van der Waals surface area contributed by atoms with Gasteiger partial charge in [0.15, 0.2) is 17.7 Å². The Morgan fingerprint density at radius 3 is 2.77 bits per heavy atom. The molecule has 1 saturated heterocycles. The van der Waals surface area contributed by atoms with Crippen molar-refractivity contribution in [2.45, 2.75) is 45.1 Å². The number of benzene rings is 2. The number of furan rings is 1. The van der Waals surface area contributed by atoms with Gasteiger partial charge in [-0.25, -0.2) is 8.78 Å². The maximum absolute atomic E-state index is 13.8. The zero-order chi connectivity index (χ0) is 24.6. The maximum atomic E-state index is 13.8. The molecule has 186 valence electrons. The summed E-state index contributed by atoms with van der Waals surface area (Å²) in [6.45, 7) is 4.39. The molecular weight excluding hydrogens is 454 g/mol. The van der Waals surface area contributed by atoms with E-state index in [2.05, 4.69) is 16.3 Å². The van der Waals surface area contributed by atoms with Crippen LogP contribution in [0.2, 0.25) is 0 Å². The Balaban J connectivity index is 1.53. The summed E-state index contributed by atoms with van der Waals surface area (Å²) in [7, 11) is 0. The van der Waals surface area contributed by atoms with Gasteiger partial charge in [0.1, 0.15) is 11.5 Å². The molecule has 0 radical (unpaired) electrons. The Bertz CT molecular complexity index is 1100. The number of rotatable bonds is 11. The molecule has 6 nitrogen and oxygen atoms in total. The fraction of sp³-hybridized carbons (Fsp3) is 0.370. The van der Waals surface area contributed by atoms with E-state index in [0.29, 0.717) is 18.8 Å². The van der Waals surface area contributed by atoms with Crippen LogP contribution in [-0.4, -0.2) is 42.7 Å². The lowest BCUT2D eigenvalue weighted by Gasteiger charge is -2.29. The van der Waals surface area contributed by atoms with E-state index in [1.165, 1.54) is 12.3 Å². The number of nitrogens with zero attached hydrogens (tertiary/aromatic N) is 1. The molecule has 1 fully saturated rings. The second-order valence-electron chi connectivity index (χ2n) is 8.80. The van der Waals surface area contributed by atoms with Gasteiger partial charge >= 0.3 is 0 Å². The molecule has 0 bridgehead atoms. The van der Waals surface area contributed by atoms with Crippen molar-refractivity contribution >= 4 is 5.91 Å². The number of aryl methyl sites for hydroxylation is 1. The highest BCUT2D eigenvalue weighted by Crippen LogP contribution is 2.20. The summed E-state index contributed by atoms with van der Waals surface area (Å²) in [5.41, 5.74) is 2.25. The van der Waals surface area contributed by atoms with Crippen LogP contribution in [0.5, 0.6) is 5.75 Å². The van der Waals surface area contributed by atoms with E-state index in [1.807, 2.05) is 25.1 Å². The molecule has 2 unspecified atom stereocenters. The van der Waals surface area contributed by atoms with Crippen LogP contribution in [0.1, 0.15) is 29.7 Å². The number of hydrogen-bond acceptors (Lipinski definition) is 5. The molecule has 1 aromatic heterocycles. The van der Waals surface area contributed by atoms with Gasteiger partial charge in [0.2, 0.25) is 0 Å². The Morgan fingerprint density at radius 2 is 2.06 bits per heavy atom. The Kier molecular flexibility index (Phi) is 8.50. The average molecular weight is 485 g/mol. The van der Waals surface area contributed by atoms with Crippen molar-refractivity contribution in [3.63, 3.8) is 0 Å². The van der Waals surface area contributed by atoms with E-state index in [0.717, 1.165) is 42.7 Å². The summed E-state index contributed by atoms with van der Waals surface area (Å²) < 4.78 is 44.3. The van der Waals surface area contributed by atoms with Crippen LogP contribution in [0, 0.1) is 18.6 Å². The van der Waals surface area contributed by atoms with Gasteiger partial charge < -0.3 is 19.2 Å². The molecule has 1 amide bonds. The molecule has 1 aliphatic rings. The molecule has 3 aromatic rings. The standard InChI is InChI=1S/C27H30F2N2O4/c1-19-5-2-6-20(13-19)16-31(17-23-8-4-12-34-23)18-26(27(32)30-15-22-7-3-11-33-22)35-21-9-10-24(28)25(29)14-21/h2-3,5-7,9-11,13-14,23,26H,4,8,12,15-18H2,1H3,(H,30,32). The van der Waals surface area contributed by atoms with E-state index in [1.54, 1.807) is 12.1 Å². The predicted molar refractivity (Wildman–Crippen MR) is 127 cm³/mol. The SMILES string of the molecule is Cc1cccc(CN(CC2CCCO2)CC(Oc2ccc(F)c(F)c2)C(=O)NCc2ccco2)c1. The van der Waals surface area contributed by atoms with Crippen molar-refractivity contribution in [2.24, 2.45) is 0 Å².